The molecular formula is C19H32IN3O2. The highest BCUT2D eigenvalue weighted by atomic mass is 127. The summed E-state index contributed by atoms with van der Waals surface area (Å²) in [5.74, 6) is 1.53. The van der Waals surface area contributed by atoms with E-state index in [-0.39, 0.29) is 30.1 Å². The zero-order valence-corrected chi connectivity index (χ0v) is 18.0. The third kappa shape index (κ3) is 10.3. The lowest BCUT2D eigenvalue weighted by atomic mass is 10.1. The highest BCUT2D eigenvalue weighted by Crippen LogP contribution is 2.19. The molecule has 0 aliphatic heterocycles. The molecule has 0 heterocycles. The Labute approximate surface area is 169 Å². The molecule has 0 amide bonds. The van der Waals surface area contributed by atoms with E-state index in [0.717, 1.165) is 36.8 Å². The summed E-state index contributed by atoms with van der Waals surface area (Å²) in [5.41, 5.74) is 0.833. The Kier molecular flexibility index (Phi) is 13.2. The van der Waals surface area contributed by atoms with E-state index in [2.05, 4.69) is 21.7 Å². The van der Waals surface area contributed by atoms with Crippen molar-refractivity contribution in [1.82, 2.24) is 10.6 Å². The van der Waals surface area contributed by atoms with E-state index in [1.165, 1.54) is 0 Å². The second-order valence-corrected chi connectivity index (χ2v) is 5.76. The van der Waals surface area contributed by atoms with Gasteiger partial charge in [-0.1, -0.05) is 24.3 Å². The zero-order valence-electron chi connectivity index (χ0n) is 15.7. The molecule has 0 aliphatic carbocycles. The fourth-order valence-electron chi connectivity index (χ4n) is 2.11. The van der Waals surface area contributed by atoms with Crippen LogP contribution in [0.25, 0.3) is 0 Å². The van der Waals surface area contributed by atoms with Crippen LogP contribution < -0.4 is 15.4 Å². The van der Waals surface area contributed by atoms with Crippen molar-refractivity contribution in [1.29, 1.82) is 0 Å². The van der Waals surface area contributed by atoms with Crippen LogP contribution in [0.15, 0.2) is 41.4 Å². The molecule has 0 fully saturated rings. The van der Waals surface area contributed by atoms with Gasteiger partial charge < -0.3 is 20.5 Å². The normalized spacial score (nSPS) is 12.8. The van der Waals surface area contributed by atoms with Gasteiger partial charge in [0.05, 0.1) is 18.8 Å². The average Bonchev–Trinajstić information content (AvgIpc) is 2.56. The van der Waals surface area contributed by atoms with E-state index in [9.17, 15) is 5.11 Å². The van der Waals surface area contributed by atoms with Gasteiger partial charge in [-0.15, -0.1) is 24.0 Å². The lowest BCUT2D eigenvalue weighted by Gasteiger charge is -2.14. The van der Waals surface area contributed by atoms with Crippen LogP contribution in [0, 0.1) is 0 Å². The number of nitrogens with one attached hydrogen (secondary N) is 2. The summed E-state index contributed by atoms with van der Waals surface area (Å²) in [5, 5.41) is 16.7. The molecule has 25 heavy (non-hydrogen) atoms. The molecule has 1 unspecified atom stereocenters. The molecule has 1 atom stereocenters. The molecule has 5 nitrogen and oxygen atoms in total. The van der Waals surface area contributed by atoms with Gasteiger partial charge in [-0.05, 0) is 51.8 Å². The Morgan fingerprint density at radius 2 is 1.92 bits per heavy atom. The molecule has 0 aliphatic rings. The van der Waals surface area contributed by atoms with E-state index in [4.69, 9.17) is 4.74 Å². The number of hydrogen-bond donors (Lipinski definition) is 3. The van der Waals surface area contributed by atoms with Gasteiger partial charge in [0.15, 0.2) is 5.96 Å². The maximum atomic E-state index is 10.3. The van der Waals surface area contributed by atoms with Crippen LogP contribution in [0.2, 0.25) is 0 Å². The average molecular weight is 461 g/mol. The number of halogens is 1. The first-order valence-electron chi connectivity index (χ1n) is 8.64. The quantitative estimate of drug-likeness (QED) is 0.173. The van der Waals surface area contributed by atoms with E-state index in [1.54, 1.807) is 0 Å². The van der Waals surface area contributed by atoms with Crippen LogP contribution in [0.5, 0.6) is 5.75 Å². The fourth-order valence-corrected chi connectivity index (χ4v) is 2.11. The molecule has 1 rings (SSSR count). The number of ether oxygens (including phenoxy) is 1. The number of aliphatic hydroxyl groups excluding tert-OH is 1. The van der Waals surface area contributed by atoms with Gasteiger partial charge in [-0.3, -0.25) is 4.99 Å². The van der Waals surface area contributed by atoms with E-state index >= 15 is 0 Å². The number of nitrogens with zero attached hydrogens (tertiary/aromatic N) is 1. The van der Waals surface area contributed by atoms with Crippen molar-refractivity contribution in [2.45, 2.75) is 46.3 Å². The van der Waals surface area contributed by atoms with Crippen molar-refractivity contribution in [3.63, 3.8) is 0 Å². The van der Waals surface area contributed by atoms with Gasteiger partial charge in [0.2, 0.25) is 0 Å². The Morgan fingerprint density at radius 3 is 2.48 bits per heavy atom. The molecule has 1 aromatic rings. The molecule has 0 saturated heterocycles. The van der Waals surface area contributed by atoms with Gasteiger partial charge >= 0.3 is 0 Å². The summed E-state index contributed by atoms with van der Waals surface area (Å²) in [6.07, 6.45) is 4.58. The van der Waals surface area contributed by atoms with Gasteiger partial charge in [0.25, 0.3) is 0 Å². The SMILES string of the molecule is C/C=C/CCNC(=NCC(O)c1ccc(OC(C)C)cc1)NCC.I. The second-order valence-electron chi connectivity index (χ2n) is 5.76. The Balaban J connectivity index is 0.00000576. The third-order valence-corrected chi connectivity index (χ3v) is 3.24. The predicted molar refractivity (Wildman–Crippen MR) is 116 cm³/mol. The number of allylic oxidation sites excluding steroid dienone is 1. The van der Waals surface area contributed by atoms with Crippen molar-refractivity contribution in [3.8, 4) is 5.75 Å². The number of guanidine groups is 1. The lowest BCUT2D eigenvalue weighted by molar-refractivity contribution is 0.186. The number of aliphatic hydroxyl groups is 1. The Hall–Kier alpha value is -1.28. The summed E-state index contributed by atoms with van der Waals surface area (Å²) >= 11 is 0. The van der Waals surface area contributed by atoms with Gasteiger partial charge in [-0.2, -0.15) is 0 Å². The van der Waals surface area contributed by atoms with Crippen molar-refractivity contribution in [2.75, 3.05) is 19.6 Å². The van der Waals surface area contributed by atoms with Crippen LogP contribution in [0.4, 0.5) is 0 Å². The number of rotatable bonds is 9. The summed E-state index contributed by atoms with van der Waals surface area (Å²) in [6.45, 7) is 9.91. The lowest BCUT2D eigenvalue weighted by Crippen LogP contribution is -2.38. The molecule has 0 aromatic heterocycles. The number of aliphatic imine (C=N–C) groups is 1. The van der Waals surface area contributed by atoms with Crippen LogP contribution in [-0.2, 0) is 0 Å². The van der Waals surface area contributed by atoms with Crippen LogP contribution in [0.3, 0.4) is 0 Å². The molecule has 0 bridgehead atoms. The molecular weight excluding hydrogens is 429 g/mol. The Bertz CT molecular complexity index is 516. The zero-order chi connectivity index (χ0) is 17.8. The molecule has 0 radical (unpaired) electrons. The molecule has 6 heteroatoms. The van der Waals surface area contributed by atoms with E-state index in [1.807, 2.05) is 58.0 Å². The van der Waals surface area contributed by atoms with Crippen molar-refractivity contribution < 1.29 is 9.84 Å². The standard InChI is InChI=1S/C19H31N3O2.HI/c1-5-7-8-13-21-19(20-6-2)22-14-18(23)16-9-11-17(12-10-16)24-15(3)4;/h5,7,9-12,15,18,23H,6,8,13-14H2,1-4H3,(H2,20,21,22);1H/b7-5+;. The summed E-state index contributed by atoms with van der Waals surface area (Å²) in [4.78, 5) is 4.45. The first-order chi connectivity index (χ1) is 11.6. The minimum atomic E-state index is -0.635. The largest absolute Gasteiger partial charge is 0.491 e. The monoisotopic (exact) mass is 461 g/mol. The van der Waals surface area contributed by atoms with Gasteiger partial charge in [0.1, 0.15) is 5.75 Å². The Morgan fingerprint density at radius 1 is 1.24 bits per heavy atom. The van der Waals surface area contributed by atoms with E-state index in [0.29, 0.717) is 6.54 Å². The third-order valence-electron chi connectivity index (χ3n) is 3.24. The molecule has 0 spiro atoms. The minimum Gasteiger partial charge on any atom is -0.491 e. The van der Waals surface area contributed by atoms with Crippen LogP contribution in [0.1, 0.15) is 45.8 Å². The summed E-state index contributed by atoms with van der Waals surface area (Å²) in [6, 6.07) is 7.51. The van der Waals surface area contributed by atoms with Crippen LogP contribution in [-0.4, -0.2) is 36.8 Å². The highest BCUT2D eigenvalue weighted by Gasteiger charge is 2.08. The number of benzene rings is 1. The topological polar surface area (TPSA) is 65.9 Å². The van der Waals surface area contributed by atoms with Gasteiger partial charge in [-0.25, -0.2) is 0 Å². The molecule has 142 valence electrons. The molecule has 0 saturated carbocycles. The maximum Gasteiger partial charge on any atom is 0.191 e. The van der Waals surface area contributed by atoms with E-state index < -0.39 is 6.10 Å². The fraction of sp³-hybridized carbons (Fsp3) is 0.526. The van der Waals surface area contributed by atoms with Gasteiger partial charge in [0, 0.05) is 13.1 Å². The second kappa shape index (κ2) is 13.9. The first-order valence-corrected chi connectivity index (χ1v) is 8.64. The van der Waals surface area contributed by atoms with Crippen molar-refractivity contribution in [3.05, 3.63) is 42.0 Å². The van der Waals surface area contributed by atoms with Crippen molar-refractivity contribution in [2.24, 2.45) is 4.99 Å². The molecule has 1 aromatic carbocycles. The maximum absolute atomic E-state index is 10.3. The van der Waals surface area contributed by atoms with Crippen molar-refractivity contribution >= 4 is 29.9 Å². The minimum absolute atomic E-state index is 0. The molecule has 3 N–H and O–H groups in total. The smallest absolute Gasteiger partial charge is 0.191 e. The van der Waals surface area contributed by atoms with Crippen LogP contribution >= 0.6 is 24.0 Å². The summed E-state index contributed by atoms with van der Waals surface area (Å²) < 4.78 is 5.61. The first kappa shape index (κ1) is 23.7. The predicted octanol–water partition coefficient (Wildman–Crippen LogP) is 3.65. The number of hydrogen-bond acceptors (Lipinski definition) is 3. The summed E-state index contributed by atoms with van der Waals surface area (Å²) in [7, 11) is 0. The highest BCUT2D eigenvalue weighted by molar-refractivity contribution is 14.0.